The monoisotopic (exact) mass is 528 g/mol. The van der Waals surface area contributed by atoms with E-state index in [9.17, 15) is 22.8 Å². The quantitative estimate of drug-likeness (QED) is 0.500. The Hall–Kier alpha value is -4.80. The van der Waals surface area contributed by atoms with E-state index in [1.165, 1.54) is 24.5 Å². The maximum absolute atomic E-state index is 13.2. The smallest absolute Gasteiger partial charge is 0.406 e. The number of amides is 3. The second kappa shape index (κ2) is 11.1. The van der Waals surface area contributed by atoms with E-state index in [0.717, 1.165) is 18.0 Å². The van der Waals surface area contributed by atoms with E-state index < -0.39 is 18.1 Å². The number of hydrogen-bond acceptors (Lipinski definition) is 7. The van der Waals surface area contributed by atoms with Crippen molar-refractivity contribution in [3.63, 3.8) is 0 Å². The topological polar surface area (TPSA) is 128 Å². The number of ether oxygens (including phenoxy) is 1. The largest absolute Gasteiger partial charge is 0.573 e. The number of carbonyl (C=O) groups is 2. The number of pyridine rings is 1. The molecular formula is C24H23F3N8O3. The van der Waals surface area contributed by atoms with Crippen LogP contribution in [0.2, 0.25) is 0 Å². The number of hydrogen-bond donors (Lipinski definition) is 2. The van der Waals surface area contributed by atoms with Crippen LogP contribution in [0.25, 0.3) is 0 Å². The van der Waals surface area contributed by atoms with Gasteiger partial charge in [-0.05, 0) is 43.3 Å². The van der Waals surface area contributed by atoms with Gasteiger partial charge in [-0.25, -0.2) is 14.8 Å². The Morgan fingerprint density at radius 1 is 1.08 bits per heavy atom. The number of piperazine rings is 1. The van der Waals surface area contributed by atoms with Gasteiger partial charge in [0.1, 0.15) is 17.6 Å². The lowest BCUT2D eigenvalue weighted by molar-refractivity contribution is -0.274. The van der Waals surface area contributed by atoms with Gasteiger partial charge in [0, 0.05) is 50.8 Å². The van der Waals surface area contributed by atoms with Gasteiger partial charge in [-0.2, -0.15) is 5.26 Å². The minimum absolute atomic E-state index is 0.144. The molecule has 0 bridgehead atoms. The number of nitriles is 1. The Balaban J connectivity index is 1.34. The SMILES string of the molecule is CCn1cc(NC(=O)Nc2ccc(OC(F)(F)F)cc2)nc1C(=O)N1CCN(c2ccc(C#N)cn2)CC1. The summed E-state index contributed by atoms with van der Waals surface area (Å²) in [5.41, 5.74) is 0.707. The van der Waals surface area contributed by atoms with Gasteiger partial charge in [0.2, 0.25) is 5.82 Å². The lowest BCUT2D eigenvalue weighted by atomic mass is 10.2. The van der Waals surface area contributed by atoms with Gasteiger partial charge in [-0.3, -0.25) is 10.1 Å². The number of carbonyl (C=O) groups excluding carboxylic acids is 2. The molecule has 0 radical (unpaired) electrons. The molecule has 14 heteroatoms. The highest BCUT2D eigenvalue weighted by molar-refractivity contribution is 6.00. The van der Waals surface area contributed by atoms with Crippen molar-refractivity contribution in [3.05, 3.63) is 60.2 Å². The van der Waals surface area contributed by atoms with Crippen LogP contribution in [0.4, 0.5) is 35.3 Å². The van der Waals surface area contributed by atoms with Crippen LogP contribution in [0.1, 0.15) is 23.1 Å². The molecule has 1 aliphatic heterocycles. The highest BCUT2D eigenvalue weighted by atomic mass is 19.4. The fourth-order valence-electron chi connectivity index (χ4n) is 3.83. The first-order valence-electron chi connectivity index (χ1n) is 11.6. The molecule has 3 aromatic rings. The van der Waals surface area contributed by atoms with E-state index in [4.69, 9.17) is 5.26 Å². The number of nitrogens with zero attached hydrogens (tertiary/aromatic N) is 6. The fraction of sp³-hybridized carbons (Fsp3) is 0.292. The Morgan fingerprint density at radius 3 is 2.37 bits per heavy atom. The predicted octanol–water partition coefficient (Wildman–Crippen LogP) is 3.67. The molecule has 1 aromatic carbocycles. The minimum Gasteiger partial charge on any atom is -0.406 e. The molecule has 3 amide bonds. The summed E-state index contributed by atoms with van der Waals surface area (Å²) in [6.07, 6.45) is -1.77. The molecule has 3 heterocycles. The zero-order chi connectivity index (χ0) is 27.3. The Labute approximate surface area is 215 Å². The number of urea groups is 1. The van der Waals surface area contributed by atoms with Crippen molar-refractivity contribution in [2.75, 3.05) is 41.7 Å². The normalized spacial score (nSPS) is 13.6. The molecule has 1 saturated heterocycles. The molecule has 2 N–H and O–H groups in total. The van der Waals surface area contributed by atoms with Crippen LogP contribution in [-0.4, -0.2) is 63.9 Å². The molecule has 2 aromatic heterocycles. The number of rotatable bonds is 6. The van der Waals surface area contributed by atoms with E-state index in [-0.39, 0.29) is 23.2 Å². The third-order valence-electron chi connectivity index (χ3n) is 5.66. The zero-order valence-electron chi connectivity index (χ0n) is 20.2. The van der Waals surface area contributed by atoms with Crippen molar-refractivity contribution in [3.8, 4) is 11.8 Å². The van der Waals surface area contributed by atoms with Crippen molar-refractivity contribution < 1.29 is 27.5 Å². The summed E-state index contributed by atoms with van der Waals surface area (Å²) in [4.78, 5) is 37.8. The predicted molar refractivity (Wildman–Crippen MR) is 131 cm³/mol. The van der Waals surface area contributed by atoms with Gasteiger partial charge in [0.05, 0.1) is 5.56 Å². The first-order valence-corrected chi connectivity index (χ1v) is 11.6. The van der Waals surface area contributed by atoms with Crippen LogP contribution in [-0.2, 0) is 6.54 Å². The van der Waals surface area contributed by atoms with Crippen LogP contribution in [0.3, 0.4) is 0 Å². The van der Waals surface area contributed by atoms with Gasteiger partial charge in [-0.15, -0.1) is 13.2 Å². The van der Waals surface area contributed by atoms with E-state index in [2.05, 4.69) is 25.3 Å². The van der Waals surface area contributed by atoms with Gasteiger partial charge in [-0.1, -0.05) is 0 Å². The molecule has 0 atom stereocenters. The van der Waals surface area contributed by atoms with Crippen molar-refractivity contribution in [1.82, 2.24) is 19.4 Å². The van der Waals surface area contributed by atoms with E-state index >= 15 is 0 Å². The maximum Gasteiger partial charge on any atom is 0.573 e. The maximum atomic E-state index is 13.2. The van der Waals surface area contributed by atoms with Crippen LogP contribution < -0.4 is 20.3 Å². The lowest BCUT2D eigenvalue weighted by Crippen LogP contribution is -2.49. The standard InChI is InChI=1S/C24H23F3N8O3/c1-2-33-15-19(32-23(37)30-17-4-6-18(7-5-17)38-24(25,26)27)31-21(33)22(36)35-11-9-34(10-12-35)20-8-3-16(13-28)14-29-20/h3-8,14-15H,2,9-12H2,1H3,(H2,30,32,37). The van der Waals surface area contributed by atoms with Crippen molar-refractivity contribution in [1.29, 1.82) is 5.26 Å². The summed E-state index contributed by atoms with van der Waals surface area (Å²) in [7, 11) is 0. The number of aromatic nitrogens is 3. The number of benzene rings is 1. The van der Waals surface area contributed by atoms with Crippen LogP contribution >= 0.6 is 0 Å². The fourth-order valence-corrected chi connectivity index (χ4v) is 3.83. The Kier molecular flexibility index (Phi) is 7.66. The number of alkyl halides is 3. The first kappa shape index (κ1) is 26.3. The molecule has 4 rings (SSSR count). The second-order valence-electron chi connectivity index (χ2n) is 8.18. The van der Waals surface area contributed by atoms with Gasteiger partial charge < -0.3 is 24.4 Å². The van der Waals surface area contributed by atoms with Crippen LogP contribution in [0, 0.1) is 11.3 Å². The van der Waals surface area contributed by atoms with Crippen LogP contribution in [0.15, 0.2) is 48.8 Å². The average Bonchev–Trinajstić information content (AvgIpc) is 3.31. The van der Waals surface area contributed by atoms with Crippen molar-refractivity contribution in [2.24, 2.45) is 0 Å². The molecule has 198 valence electrons. The molecule has 0 spiro atoms. The summed E-state index contributed by atoms with van der Waals surface area (Å²) < 4.78 is 42.3. The summed E-state index contributed by atoms with van der Waals surface area (Å²) in [6.45, 7) is 4.26. The second-order valence-corrected chi connectivity index (χ2v) is 8.18. The molecule has 38 heavy (non-hydrogen) atoms. The number of anilines is 3. The summed E-state index contributed by atoms with van der Waals surface area (Å²) >= 11 is 0. The Morgan fingerprint density at radius 2 is 1.79 bits per heavy atom. The van der Waals surface area contributed by atoms with E-state index in [1.54, 1.807) is 21.6 Å². The summed E-state index contributed by atoms with van der Waals surface area (Å²) in [5.74, 6) is 0.341. The highest BCUT2D eigenvalue weighted by Crippen LogP contribution is 2.24. The van der Waals surface area contributed by atoms with E-state index in [0.29, 0.717) is 38.3 Å². The molecule has 11 nitrogen and oxygen atoms in total. The van der Waals surface area contributed by atoms with Crippen molar-refractivity contribution >= 4 is 29.3 Å². The summed E-state index contributed by atoms with van der Waals surface area (Å²) in [5, 5.41) is 13.9. The molecule has 0 aliphatic carbocycles. The molecule has 0 saturated carbocycles. The van der Waals surface area contributed by atoms with Gasteiger partial charge in [0.25, 0.3) is 5.91 Å². The van der Waals surface area contributed by atoms with Crippen LogP contribution in [0.5, 0.6) is 5.75 Å². The number of aryl methyl sites for hydroxylation is 1. The third-order valence-corrected chi connectivity index (χ3v) is 5.66. The average molecular weight is 528 g/mol. The number of nitrogens with one attached hydrogen (secondary N) is 2. The van der Waals surface area contributed by atoms with Crippen molar-refractivity contribution in [2.45, 2.75) is 19.8 Å². The van der Waals surface area contributed by atoms with E-state index in [1.807, 2.05) is 17.9 Å². The number of halogens is 3. The molecule has 0 unspecified atom stereocenters. The molecular weight excluding hydrogens is 505 g/mol. The Bertz CT molecular complexity index is 1330. The van der Waals surface area contributed by atoms with Gasteiger partial charge >= 0.3 is 12.4 Å². The third kappa shape index (κ3) is 6.49. The number of imidazole rings is 1. The van der Waals surface area contributed by atoms with Gasteiger partial charge in [0.15, 0.2) is 5.82 Å². The zero-order valence-corrected chi connectivity index (χ0v) is 20.2. The minimum atomic E-state index is -4.81. The molecule has 1 fully saturated rings. The molecule has 1 aliphatic rings. The first-order chi connectivity index (χ1) is 18.1. The highest BCUT2D eigenvalue weighted by Gasteiger charge is 2.31. The summed E-state index contributed by atoms with van der Waals surface area (Å²) in [6, 6.07) is 9.47. The lowest BCUT2D eigenvalue weighted by Gasteiger charge is -2.35.